The van der Waals surface area contributed by atoms with Crippen molar-refractivity contribution < 1.29 is 0 Å². The Morgan fingerprint density at radius 1 is 1.33 bits per heavy atom. The Morgan fingerprint density at radius 3 is 2.86 bits per heavy atom. The Morgan fingerprint density at radius 2 is 2.14 bits per heavy atom. The molecule has 2 nitrogen and oxygen atoms in total. The molecule has 21 heavy (non-hydrogen) atoms. The lowest BCUT2D eigenvalue weighted by Crippen LogP contribution is -2.60. The van der Waals surface area contributed by atoms with Crippen molar-refractivity contribution in [3.05, 3.63) is 22.4 Å². The van der Waals surface area contributed by atoms with E-state index in [1.807, 2.05) is 11.3 Å². The highest BCUT2D eigenvalue weighted by atomic mass is 32.1. The topological polar surface area (TPSA) is 15.3 Å². The van der Waals surface area contributed by atoms with Gasteiger partial charge in [-0.25, -0.2) is 0 Å². The lowest BCUT2D eigenvalue weighted by Gasteiger charge is -2.45. The Bertz CT molecular complexity index is 411. The third-order valence-corrected chi connectivity index (χ3v) is 6.41. The van der Waals surface area contributed by atoms with Gasteiger partial charge >= 0.3 is 0 Å². The van der Waals surface area contributed by atoms with Crippen LogP contribution in [-0.4, -0.2) is 36.1 Å². The summed E-state index contributed by atoms with van der Waals surface area (Å²) in [7, 11) is 0. The van der Waals surface area contributed by atoms with Crippen LogP contribution >= 0.6 is 11.3 Å². The fraction of sp³-hybridized carbons (Fsp3) is 0.778. The number of nitrogens with zero attached hydrogens (tertiary/aromatic N) is 1. The lowest BCUT2D eigenvalue weighted by atomic mass is 9.82. The molecule has 3 heteroatoms. The first kappa shape index (κ1) is 15.5. The van der Waals surface area contributed by atoms with Gasteiger partial charge in [-0.3, -0.25) is 4.90 Å². The molecule has 1 N–H and O–H groups in total. The fourth-order valence-electron chi connectivity index (χ4n) is 4.21. The van der Waals surface area contributed by atoms with Gasteiger partial charge in [-0.15, -0.1) is 11.3 Å². The quantitative estimate of drug-likeness (QED) is 0.907. The first-order valence-corrected chi connectivity index (χ1v) is 9.63. The zero-order valence-corrected chi connectivity index (χ0v) is 14.4. The maximum atomic E-state index is 3.84. The van der Waals surface area contributed by atoms with Crippen LogP contribution in [0.1, 0.15) is 50.8 Å². The average molecular weight is 307 g/mol. The van der Waals surface area contributed by atoms with Crippen LogP contribution < -0.4 is 5.32 Å². The molecule has 2 fully saturated rings. The van der Waals surface area contributed by atoms with Crippen LogP contribution in [0.3, 0.4) is 0 Å². The molecule has 1 aromatic rings. The van der Waals surface area contributed by atoms with E-state index < -0.39 is 0 Å². The molecule has 1 aromatic heterocycles. The van der Waals surface area contributed by atoms with Crippen molar-refractivity contribution in [1.82, 2.24) is 10.2 Å². The van der Waals surface area contributed by atoms with E-state index in [0.29, 0.717) is 12.1 Å². The van der Waals surface area contributed by atoms with Gasteiger partial charge in [-0.1, -0.05) is 25.3 Å². The van der Waals surface area contributed by atoms with Crippen LogP contribution in [0.15, 0.2) is 17.5 Å². The minimum atomic E-state index is 0.659. The molecular weight excluding hydrogens is 276 g/mol. The molecule has 0 spiro atoms. The molecule has 0 radical (unpaired) electrons. The van der Waals surface area contributed by atoms with Gasteiger partial charge in [-0.05, 0) is 50.5 Å². The molecular formula is C18H30N2S. The number of nitrogens with one attached hydrogen (secondary N) is 1. The van der Waals surface area contributed by atoms with E-state index in [-0.39, 0.29) is 0 Å². The second kappa shape index (κ2) is 7.26. The van der Waals surface area contributed by atoms with E-state index in [1.165, 1.54) is 49.9 Å². The van der Waals surface area contributed by atoms with Gasteiger partial charge in [0.2, 0.25) is 0 Å². The van der Waals surface area contributed by atoms with E-state index in [0.717, 1.165) is 18.5 Å². The molecule has 1 aliphatic carbocycles. The number of rotatable bonds is 4. The van der Waals surface area contributed by atoms with Crippen molar-refractivity contribution in [3.63, 3.8) is 0 Å². The summed E-state index contributed by atoms with van der Waals surface area (Å²) in [5.41, 5.74) is 0. The molecule has 3 unspecified atom stereocenters. The molecule has 3 rings (SSSR count). The Balaban J connectivity index is 1.59. The highest BCUT2D eigenvalue weighted by Crippen LogP contribution is 2.29. The van der Waals surface area contributed by atoms with Crippen LogP contribution in [0, 0.1) is 5.92 Å². The summed E-state index contributed by atoms with van der Waals surface area (Å²) >= 11 is 1.90. The normalized spacial score (nSPS) is 30.4. The minimum absolute atomic E-state index is 0.659. The highest BCUT2D eigenvalue weighted by Gasteiger charge is 2.33. The summed E-state index contributed by atoms with van der Waals surface area (Å²) in [6.07, 6.45) is 8.45. The predicted molar refractivity (Wildman–Crippen MR) is 92.0 cm³/mol. The van der Waals surface area contributed by atoms with Crippen LogP contribution in [0.25, 0.3) is 0 Å². The van der Waals surface area contributed by atoms with Crippen molar-refractivity contribution in [3.8, 4) is 0 Å². The van der Waals surface area contributed by atoms with Crippen molar-refractivity contribution >= 4 is 11.3 Å². The van der Waals surface area contributed by atoms with E-state index in [2.05, 4.69) is 41.6 Å². The van der Waals surface area contributed by atoms with Crippen molar-refractivity contribution in [2.45, 2.75) is 70.5 Å². The van der Waals surface area contributed by atoms with Gasteiger partial charge in [0.25, 0.3) is 0 Å². The van der Waals surface area contributed by atoms with E-state index in [9.17, 15) is 0 Å². The van der Waals surface area contributed by atoms with E-state index >= 15 is 0 Å². The Kier molecular flexibility index (Phi) is 5.36. The van der Waals surface area contributed by atoms with Crippen molar-refractivity contribution in [1.29, 1.82) is 0 Å². The second-order valence-corrected chi connectivity index (χ2v) is 8.12. The summed E-state index contributed by atoms with van der Waals surface area (Å²) in [5, 5.41) is 6.05. The van der Waals surface area contributed by atoms with Crippen LogP contribution in [-0.2, 0) is 6.42 Å². The van der Waals surface area contributed by atoms with Crippen LogP contribution in [0.4, 0.5) is 0 Å². The summed E-state index contributed by atoms with van der Waals surface area (Å²) in [6, 6.07) is 6.52. The summed E-state index contributed by atoms with van der Waals surface area (Å²) in [4.78, 5) is 4.29. The molecule has 3 atom stereocenters. The molecule has 2 heterocycles. The molecule has 118 valence electrons. The molecule has 0 aromatic carbocycles. The predicted octanol–water partition coefficient (Wildman–Crippen LogP) is 3.92. The SMILES string of the molecule is CC1CNC(C2CCCCC2)CN1C(C)Cc1cccs1. The third-order valence-electron chi connectivity index (χ3n) is 5.51. The van der Waals surface area contributed by atoms with Crippen molar-refractivity contribution in [2.75, 3.05) is 13.1 Å². The fourth-order valence-corrected chi connectivity index (χ4v) is 5.04. The molecule has 0 amide bonds. The van der Waals surface area contributed by atoms with Gasteiger partial charge in [0.05, 0.1) is 0 Å². The molecule has 1 saturated heterocycles. The highest BCUT2D eigenvalue weighted by molar-refractivity contribution is 7.09. The first-order chi connectivity index (χ1) is 10.2. The van der Waals surface area contributed by atoms with Gasteiger partial charge in [-0.2, -0.15) is 0 Å². The van der Waals surface area contributed by atoms with Crippen molar-refractivity contribution in [2.24, 2.45) is 5.92 Å². The second-order valence-electron chi connectivity index (χ2n) is 7.09. The number of thiophene rings is 1. The molecule has 0 bridgehead atoms. The maximum absolute atomic E-state index is 3.84. The summed E-state index contributed by atoms with van der Waals surface area (Å²) < 4.78 is 0. The van der Waals surface area contributed by atoms with E-state index in [4.69, 9.17) is 0 Å². The Hall–Kier alpha value is -0.380. The Labute approximate surface area is 133 Å². The number of hydrogen-bond donors (Lipinski definition) is 1. The van der Waals surface area contributed by atoms with Gasteiger partial charge < -0.3 is 5.32 Å². The average Bonchev–Trinajstić information content (AvgIpc) is 3.01. The van der Waals surface area contributed by atoms with Gasteiger partial charge in [0.1, 0.15) is 0 Å². The van der Waals surface area contributed by atoms with E-state index in [1.54, 1.807) is 0 Å². The number of hydrogen-bond acceptors (Lipinski definition) is 3. The van der Waals surface area contributed by atoms with Crippen LogP contribution in [0.5, 0.6) is 0 Å². The monoisotopic (exact) mass is 306 g/mol. The minimum Gasteiger partial charge on any atom is -0.311 e. The number of piperazine rings is 1. The molecule has 1 saturated carbocycles. The zero-order valence-electron chi connectivity index (χ0n) is 13.6. The van der Waals surface area contributed by atoms with Gasteiger partial charge in [0, 0.05) is 36.1 Å². The summed E-state index contributed by atoms with van der Waals surface area (Å²) in [5.74, 6) is 0.919. The zero-order chi connectivity index (χ0) is 14.7. The lowest BCUT2D eigenvalue weighted by molar-refractivity contribution is 0.0724. The standard InChI is InChI=1S/C18H30N2S/c1-14(11-17-9-6-10-21-17)20-13-18(19-12-15(20)2)16-7-4-3-5-8-16/h6,9-10,14-16,18-19H,3-5,7-8,11-13H2,1-2H3. The molecule has 1 aliphatic heterocycles. The maximum Gasteiger partial charge on any atom is 0.0224 e. The summed E-state index contributed by atoms with van der Waals surface area (Å²) in [6.45, 7) is 7.21. The first-order valence-electron chi connectivity index (χ1n) is 8.75. The van der Waals surface area contributed by atoms with Gasteiger partial charge in [0.15, 0.2) is 0 Å². The third kappa shape index (κ3) is 3.88. The van der Waals surface area contributed by atoms with Crippen LogP contribution in [0.2, 0.25) is 0 Å². The smallest absolute Gasteiger partial charge is 0.0224 e. The largest absolute Gasteiger partial charge is 0.311 e. The molecule has 2 aliphatic rings.